The third-order valence-electron chi connectivity index (χ3n) is 3.59. The quantitative estimate of drug-likeness (QED) is 0.923. The number of hydrogen-bond donors (Lipinski definition) is 1. The molecule has 0 aliphatic carbocycles. The summed E-state index contributed by atoms with van der Waals surface area (Å²) in [5.74, 6) is 0.0233. The zero-order valence-electron chi connectivity index (χ0n) is 11.2. The molecule has 1 fully saturated rings. The van der Waals surface area contributed by atoms with Crippen molar-refractivity contribution in [2.45, 2.75) is 6.10 Å². The third kappa shape index (κ3) is 3.17. The van der Waals surface area contributed by atoms with Crippen molar-refractivity contribution in [1.82, 2.24) is 5.32 Å². The van der Waals surface area contributed by atoms with Crippen LogP contribution in [0.25, 0.3) is 0 Å². The van der Waals surface area contributed by atoms with E-state index in [1.807, 2.05) is 0 Å². The smallest absolute Gasteiger partial charge is 0.142 e. The van der Waals surface area contributed by atoms with Crippen molar-refractivity contribution in [3.05, 3.63) is 64.7 Å². The fourth-order valence-corrected chi connectivity index (χ4v) is 2.43. The topological polar surface area (TPSA) is 21.3 Å². The Hall–Kier alpha value is -1.65. The van der Waals surface area contributed by atoms with E-state index in [0.29, 0.717) is 5.75 Å². The molecule has 0 radical (unpaired) electrons. The highest BCUT2D eigenvalue weighted by atomic mass is 35.5. The molecule has 110 valence electrons. The Morgan fingerprint density at radius 1 is 1.10 bits per heavy atom. The van der Waals surface area contributed by atoms with Gasteiger partial charge in [-0.15, -0.1) is 0 Å². The molecule has 2 aromatic rings. The lowest BCUT2D eigenvalue weighted by Gasteiger charge is -2.35. The van der Waals surface area contributed by atoms with Gasteiger partial charge in [-0.2, -0.15) is 0 Å². The van der Waals surface area contributed by atoms with E-state index in [1.165, 1.54) is 24.3 Å². The molecular weight excluding hydrogens is 296 g/mol. The summed E-state index contributed by atoms with van der Waals surface area (Å²) in [6.07, 6.45) is -0.288. The van der Waals surface area contributed by atoms with E-state index in [-0.39, 0.29) is 22.9 Å². The first-order valence-electron chi connectivity index (χ1n) is 6.71. The second-order valence-electron chi connectivity index (χ2n) is 5.08. The van der Waals surface area contributed by atoms with Gasteiger partial charge in [0, 0.05) is 19.0 Å². The first-order chi connectivity index (χ1) is 10.1. The minimum atomic E-state index is -0.464. The Bertz CT molecular complexity index is 629. The van der Waals surface area contributed by atoms with Gasteiger partial charge < -0.3 is 10.1 Å². The monoisotopic (exact) mass is 309 g/mol. The average Bonchev–Trinajstić information content (AvgIpc) is 2.41. The summed E-state index contributed by atoms with van der Waals surface area (Å²) >= 11 is 5.72. The fraction of sp³-hybridized carbons (Fsp3) is 0.250. The number of halogens is 3. The Kier molecular flexibility index (Phi) is 4.08. The van der Waals surface area contributed by atoms with Crippen LogP contribution in [0.4, 0.5) is 8.78 Å². The van der Waals surface area contributed by atoms with E-state index in [4.69, 9.17) is 16.3 Å². The van der Waals surface area contributed by atoms with E-state index >= 15 is 0 Å². The van der Waals surface area contributed by atoms with Crippen LogP contribution in [0.3, 0.4) is 0 Å². The summed E-state index contributed by atoms with van der Waals surface area (Å²) in [6.45, 7) is 1.60. The Balaban J connectivity index is 1.86. The van der Waals surface area contributed by atoms with Crippen LogP contribution in [0.2, 0.25) is 5.02 Å². The maximum Gasteiger partial charge on any atom is 0.142 e. The first-order valence-corrected chi connectivity index (χ1v) is 7.09. The first kappa shape index (κ1) is 14.3. The number of rotatable bonds is 4. The molecule has 0 unspecified atom stereocenters. The highest BCUT2D eigenvalue weighted by molar-refractivity contribution is 6.30. The standard InChI is InChI=1S/C16H14ClF2NO/c17-14-6-1-10(7-15(14)19)16(11-8-20-9-11)21-13-4-2-12(18)3-5-13/h1-7,11,16,20H,8-9H2/t16-/m0/s1. The third-order valence-corrected chi connectivity index (χ3v) is 3.90. The van der Waals surface area contributed by atoms with E-state index in [1.54, 1.807) is 18.2 Å². The van der Waals surface area contributed by atoms with Crippen LogP contribution >= 0.6 is 11.6 Å². The van der Waals surface area contributed by atoms with Crippen LogP contribution in [0.15, 0.2) is 42.5 Å². The highest BCUT2D eigenvalue weighted by Crippen LogP contribution is 2.32. The molecule has 0 saturated carbocycles. The predicted molar refractivity (Wildman–Crippen MR) is 77.5 cm³/mol. The van der Waals surface area contributed by atoms with Gasteiger partial charge in [0.1, 0.15) is 23.5 Å². The number of nitrogens with one attached hydrogen (secondary N) is 1. The summed E-state index contributed by atoms with van der Waals surface area (Å²) in [4.78, 5) is 0. The molecule has 1 atom stereocenters. The van der Waals surface area contributed by atoms with Gasteiger partial charge >= 0.3 is 0 Å². The minimum absolute atomic E-state index is 0.0889. The summed E-state index contributed by atoms with van der Waals surface area (Å²) in [5.41, 5.74) is 0.729. The van der Waals surface area contributed by atoms with Crippen LogP contribution in [0.1, 0.15) is 11.7 Å². The van der Waals surface area contributed by atoms with Gasteiger partial charge in [-0.3, -0.25) is 0 Å². The van der Waals surface area contributed by atoms with Crippen molar-refractivity contribution in [2.75, 3.05) is 13.1 Å². The van der Waals surface area contributed by atoms with Crippen molar-refractivity contribution in [3.8, 4) is 5.75 Å². The summed E-state index contributed by atoms with van der Waals surface area (Å²) in [6, 6.07) is 10.5. The number of benzene rings is 2. The van der Waals surface area contributed by atoms with Crippen molar-refractivity contribution >= 4 is 11.6 Å². The molecule has 0 aromatic heterocycles. The Morgan fingerprint density at radius 2 is 1.81 bits per heavy atom. The van der Waals surface area contributed by atoms with E-state index in [0.717, 1.165) is 18.7 Å². The maximum atomic E-state index is 13.7. The second-order valence-corrected chi connectivity index (χ2v) is 5.49. The molecule has 1 N–H and O–H groups in total. The van der Waals surface area contributed by atoms with Crippen molar-refractivity contribution in [2.24, 2.45) is 5.92 Å². The van der Waals surface area contributed by atoms with Crippen molar-refractivity contribution in [3.63, 3.8) is 0 Å². The zero-order chi connectivity index (χ0) is 14.8. The lowest BCUT2D eigenvalue weighted by molar-refractivity contribution is 0.0989. The van der Waals surface area contributed by atoms with Crippen molar-refractivity contribution in [1.29, 1.82) is 0 Å². The summed E-state index contributed by atoms with van der Waals surface area (Å²) < 4.78 is 32.6. The molecule has 0 amide bonds. The SMILES string of the molecule is Fc1ccc(O[C@@H](c2ccc(Cl)c(F)c2)C2CNC2)cc1. The lowest BCUT2D eigenvalue weighted by atomic mass is 9.90. The number of hydrogen-bond acceptors (Lipinski definition) is 2. The molecule has 1 heterocycles. The van der Waals surface area contributed by atoms with Crippen LogP contribution in [-0.4, -0.2) is 13.1 Å². The van der Waals surface area contributed by atoms with Crippen LogP contribution in [-0.2, 0) is 0 Å². The molecule has 2 aromatic carbocycles. The normalized spacial score (nSPS) is 16.3. The predicted octanol–water partition coefficient (Wildman–Crippen LogP) is 3.96. The lowest BCUT2D eigenvalue weighted by Crippen LogP contribution is -2.46. The second kappa shape index (κ2) is 6.00. The molecule has 2 nitrogen and oxygen atoms in total. The molecule has 1 aliphatic rings. The Morgan fingerprint density at radius 3 is 2.38 bits per heavy atom. The molecule has 5 heteroatoms. The molecule has 1 aliphatic heterocycles. The summed E-state index contributed by atoms with van der Waals surface area (Å²) in [7, 11) is 0. The van der Waals surface area contributed by atoms with Gasteiger partial charge in [-0.05, 0) is 42.0 Å². The Labute approximate surface area is 126 Å². The maximum absolute atomic E-state index is 13.7. The van der Waals surface area contributed by atoms with Gasteiger partial charge in [0.2, 0.25) is 0 Å². The van der Waals surface area contributed by atoms with E-state index < -0.39 is 5.82 Å². The molecule has 21 heavy (non-hydrogen) atoms. The van der Waals surface area contributed by atoms with Gasteiger partial charge in [0.25, 0.3) is 0 Å². The van der Waals surface area contributed by atoms with E-state index in [2.05, 4.69) is 5.32 Å². The molecule has 0 bridgehead atoms. The highest BCUT2D eigenvalue weighted by Gasteiger charge is 2.30. The molecule has 0 spiro atoms. The van der Waals surface area contributed by atoms with Gasteiger partial charge in [0.15, 0.2) is 0 Å². The zero-order valence-corrected chi connectivity index (χ0v) is 11.9. The van der Waals surface area contributed by atoms with Gasteiger partial charge in [-0.1, -0.05) is 17.7 Å². The average molecular weight is 310 g/mol. The number of ether oxygens (including phenoxy) is 1. The van der Waals surface area contributed by atoms with Gasteiger partial charge in [0.05, 0.1) is 5.02 Å². The molecule has 3 rings (SSSR count). The molecular formula is C16H14ClF2NO. The van der Waals surface area contributed by atoms with Crippen LogP contribution < -0.4 is 10.1 Å². The van der Waals surface area contributed by atoms with Crippen LogP contribution in [0, 0.1) is 17.6 Å². The van der Waals surface area contributed by atoms with Crippen molar-refractivity contribution < 1.29 is 13.5 Å². The van der Waals surface area contributed by atoms with E-state index in [9.17, 15) is 8.78 Å². The molecule has 1 saturated heterocycles. The largest absolute Gasteiger partial charge is 0.485 e. The van der Waals surface area contributed by atoms with Gasteiger partial charge in [-0.25, -0.2) is 8.78 Å². The summed E-state index contributed by atoms with van der Waals surface area (Å²) in [5, 5.41) is 3.26. The minimum Gasteiger partial charge on any atom is -0.485 e. The fourth-order valence-electron chi connectivity index (χ4n) is 2.31. The van der Waals surface area contributed by atoms with Crippen LogP contribution in [0.5, 0.6) is 5.75 Å².